The number of anilines is 1. The fourth-order valence-corrected chi connectivity index (χ4v) is 9.26. The Kier molecular flexibility index (Phi) is 13.8. The van der Waals surface area contributed by atoms with Crippen LogP contribution in [-0.4, -0.2) is 102 Å². The Balaban J connectivity index is 1.56. The van der Waals surface area contributed by atoms with E-state index in [2.05, 4.69) is 34.4 Å². The monoisotopic (exact) mass is 809 g/mol. The number of aliphatic hydroxyl groups is 1. The predicted octanol–water partition coefficient (Wildman–Crippen LogP) is 4.75. The number of allylic oxidation sites excluding steroid dienone is 1. The van der Waals surface area contributed by atoms with Crippen LogP contribution in [-0.2, 0) is 33.4 Å². The molecule has 1 unspecified atom stereocenters. The van der Waals surface area contributed by atoms with E-state index in [0.29, 0.717) is 29.8 Å². The molecule has 5 rings (SSSR count). The molecule has 292 valence electrons. The summed E-state index contributed by atoms with van der Waals surface area (Å²) in [5, 5.41) is 13.7. The highest BCUT2D eigenvalue weighted by Gasteiger charge is 2.77. The summed E-state index contributed by atoms with van der Waals surface area (Å²) in [6.07, 6.45) is 2.81. The van der Waals surface area contributed by atoms with Gasteiger partial charge in [-0.05, 0) is 55.0 Å². The third-order valence-electron chi connectivity index (χ3n) is 10.5. The highest BCUT2D eigenvalue weighted by atomic mass is 79.9. The topological polar surface area (TPSA) is 144 Å². The van der Waals surface area contributed by atoms with E-state index in [1.165, 1.54) is 12.0 Å². The van der Waals surface area contributed by atoms with Crippen LogP contribution < -0.4 is 15.0 Å². The standard InChI is InChI=1S/C41H52BrN3O9/c1-7-9-15-32(47)43-31(24-51-5)35(26-13-11-10-12-14-26)53-40(50)33-34-38(48)45(28(23-46)21-25(3)4)37(41(34)22-30(42)36(33)54-41)39(49)44(20-8-2)27-16-18-29(52-6)19-17-27/h7-8,10-14,16-19,25,28,30-31,33-37,46H,1-2,9,15,20-24H2,3-6H3,(H,43,47)/t28-,30?,31+,33+,34-,35+,36+,37+,41-/m1/s1. The van der Waals surface area contributed by atoms with Gasteiger partial charge in [0.2, 0.25) is 11.8 Å². The number of ether oxygens (including phenoxy) is 4. The molecule has 0 aliphatic carbocycles. The molecule has 2 N–H and O–H groups in total. The average molecular weight is 811 g/mol. The van der Waals surface area contributed by atoms with Crippen molar-refractivity contribution in [3.63, 3.8) is 0 Å². The smallest absolute Gasteiger partial charge is 0.313 e. The minimum absolute atomic E-state index is 0.0346. The van der Waals surface area contributed by atoms with E-state index in [1.807, 2.05) is 19.9 Å². The quantitative estimate of drug-likeness (QED) is 0.117. The van der Waals surface area contributed by atoms with E-state index in [1.54, 1.807) is 72.7 Å². The second-order valence-corrected chi connectivity index (χ2v) is 15.7. The molecule has 2 aromatic carbocycles. The molecule has 3 fully saturated rings. The van der Waals surface area contributed by atoms with Crippen LogP contribution in [0, 0.1) is 17.8 Å². The molecule has 3 heterocycles. The highest BCUT2D eigenvalue weighted by molar-refractivity contribution is 9.09. The molecular weight excluding hydrogens is 758 g/mol. The number of benzene rings is 2. The number of carbonyl (C=O) groups excluding carboxylic acids is 4. The number of nitrogens with zero attached hydrogens (tertiary/aromatic N) is 2. The van der Waals surface area contributed by atoms with Gasteiger partial charge in [-0.2, -0.15) is 0 Å². The Morgan fingerprint density at radius 3 is 2.41 bits per heavy atom. The van der Waals surface area contributed by atoms with Crippen molar-refractivity contribution < 1.29 is 43.2 Å². The first-order chi connectivity index (χ1) is 26.0. The molecule has 2 bridgehead atoms. The molecule has 12 nitrogen and oxygen atoms in total. The van der Waals surface area contributed by atoms with E-state index >= 15 is 4.79 Å². The summed E-state index contributed by atoms with van der Waals surface area (Å²) < 4.78 is 24.0. The van der Waals surface area contributed by atoms with Crippen LogP contribution in [0.1, 0.15) is 51.2 Å². The minimum atomic E-state index is -1.42. The van der Waals surface area contributed by atoms with Crippen molar-refractivity contribution in [2.75, 3.05) is 38.9 Å². The number of esters is 1. The number of carbonyl (C=O) groups is 4. The van der Waals surface area contributed by atoms with Gasteiger partial charge in [-0.3, -0.25) is 19.2 Å². The number of alkyl halides is 1. The third-order valence-corrected chi connectivity index (χ3v) is 11.4. The van der Waals surface area contributed by atoms with Gasteiger partial charge in [0, 0.05) is 30.6 Å². The van der Waals surface area contributed by atoms with Gasteiger partial charge in [0.15, 0.2) is 0 Å². The molecule has 3 aliphatic heterocycles. The predicted molar refractivity (Wildman–Crippen MR) is 207 cm³/mol. The normalized spacial score (nSPS) is 25.8. The summed E-state index contributed by atoms with van der Waals surface area (Å²) in [5.74, 6) is -3.34. The zero-order valence-electron chi connectivity index (χ0n) is 31.4. The molecule has 54 heavy (non-hydrogen) atoms. The summed E-state index contributed by atoms with van der Waals surface area (Å²) in [6, 6.07) is 13.4. The lowest BCUT2D eigenvalue weighted by Crippen LogP contribution is -2.59. The van der Waals surface area contributed by atoms with Gasteiger partial charge in [0.25, 0.3) is 5.91 Å². The number of rotatable bonds is 19. The summed E-state index contributed by atoms with van der Waals surface area (Å²) in [7, 11) is 3.05. The molecule has 3 aliphatic rings. The van der Waals surface area contributed by atoms with Crippen LogP contribution in [0.2, 0.25) is 0 Å². The first kappa shape index (κ1) is 41.1. The third kappa shape index (κ3) is 8.14. The van der Waals surface area contributed by atoms with Gasteiger partial charge >= 0.3 is 5.97 Å². The average Bonchev–Trinajstić information content (AvgIpc) is 3.77. The lowest BCUT2D eigenvalue weighted by molar-refractivity contribution is -0.163. The van der Waals surface area contributed by atoms with Crippen molar-refractivity contribution in [1.82, 2.24) is 10.2 Å². The van der Waals surface area contributed by atoms with Crippen LogP contribution >= 0.6 is 15.9 Å². The zero-order chi connectivity index (χ0) is 39.2. The fraction of sp³-hybridized carbons (Fsp3) is 0.512. The van der Waals surface area contributed by atoms with Crippen LogP contribution in [0.5, 0.6) is 5.75 Å². The second-order valence-electron chi connectivity index (χ2n) is 14.5. The van der Waals surface area contributed by atoms with Crippen LogP contribution in [0.4, 0.5) is 5.69 Å². The van der Waals surface area contributed by atoms with Crippen molar-refractivity contribution in [1.29, 1.82) is 0 Å². The Morgan fingerprint density at radius 2 is 1.81 bits per heavy atom. The Morgan fingerprint density at radius 1 is 1.11 bits per heavy atom. The number of fused-ring (bicyclic) bond motifs is 1. The second kappa shape index (κ2) is 18.1. The maximum absolute atomic E-state index is 15.1. The number of hydrogen-bond acceptors (Lipinski definition) is 9. The number of methoxy groups -OCH3 is 2. The van der Waals surface area contributed by atoms with Crippen molar-refractivity contribution in [2.45, 2.75) is 80.3 Å². The van der Waals surface area contributed by atoms with E-state index in [0.717, 1.165) is 0 Å². The molecule has 0 aromatic heterocycles. The van der Waals surface area contributed by atoms with E-state index in [4.69, 9.17) is 18.9 Å². The number of aliphatic hydroxyl groups excluding tert-OH is 1. The molecule has 0 radical (unpaired) electrons. The lowest BCUT2D eigenvalue weighted by atomic mass is 9.70. The van der Waals surface area contributed by atoms with E-state index < -0.39 is 77.0 Å². The molecule has 3 saturated heterocycles. The van der Waals surface area contributed by atoms with E-state index in [-0.39, 0.29) is 37.8 Å². The molecular formula is C41H52BrN3O9. The van der Waals surface area contributed by atoms with Crippen LogP contribution in [0.3, 0.4) is 0 Å². The Bertz CT molecular complexity index is 1660. The van der Waals surface area contributed by atoms with Gasteiger partial charge in [-0.15, -0.1) is 13.2 Å². The van der Waals surface area contributed by atoms with E-state index in [9.17, 15) is 19.5 Å². The fourth-order valence-electron chi connectivity index (χ4n) is 8.32. The summed E-state index contributed by atoms with van der Waals surface area (Å²) in [6.45, 7) is 11.3. The highest BCUT2D eigenvalue weighted by Crippen LogP contribution is 2.61. The van der Waals surface area contributed by atoms with Gasteiger partial charge in [0.1, 0.15) is 23.5 Å². The number of halogens is 1. The van der Waals surface area contributed by atoms with Gasteiger partial charge in [-0.25, -0.2) is 0 Å². The maximum atomic E-state index is 15.1. The Hall–Kier alpha value is -4.04. The van der Waals surface area contributed by atoms with Gasteiger partial charge < -0.3 is 39.2 Å². The van der Waals surface area contributed by atoms with Gasteiger partial charge in [-0.1, -0.05) is 72.3 Å². The number of nitrogens with one attached hydrogen (secondary N) is 1. The summed E-state index contributed by atoms with van der Waals surface area (Å²) >= 11 is 3.74. The van der Waals surface area contributed by atoms with Crippen molar-refractivity contribution >= 4 is 45.3 Å². The van der Waals surface area contributed by atoms with Crippen LogP contribution in [0.15, 0.2) is 79.9 Å². The first-order valence-corrected chi connectivity index (χ1v) is 19.3. The number of hydrogen-bond donors (Lipinski definition) is 2. The minimum Gasteiger partial charge on any atom is -0.497 e. The molecule has 1 spiro atoms. The molecule has 2 aromatic rings. The largest absolute Gasteiger partial charge is 0.497 e. The van der Waals surface area contributed by atoms with Crippen LogP contribution in [0.25, 0.3) is 0 Å². The molecule has 0 saturated carbocycles. The van der Waals surface area contributed by atoms with Crippen molar-refractivity contribution in [3.05, 3.63) is 85.5 Å². The Labute approximate surface area is 326 Å². The summed E-state index contributed by atoms with van der Waals surface area (Å²) in [5.41, 5.74) is -0.239. The van der Waals surface area contributed by atoms with Gasteiger partial charge in [0.05, 0.1) is 50.3 Å². The zero-order valence-corrected chi connectivity index (χ0v) is 33.0. The number of amides is 3. The molecule has 3 amide bonds. The molecule has 9 atom stereocenters. The number of likely N-dealkylation sites (tertiary alicyclic amines) is 1. The van der Waals surface area contributed by atoms with Crippen molar-refractivity contribution in [2.24, 2.45) is 17.8 Å². The summed E-state index contributed by atoms with van der Waals surface area (Å²) in [4.78, 5) is 60.3. The lowest BCUT2D eigenvalue weighted by Gasteiger charge is -2.39. The maximum Gasteiger partial charge on any atom is 0.313 e. The first-order valence-electron chi connectivity index (χ1n) is 18.4. The van der Waals surface area contributed by atoms with Crippen molar-refractivity contribution in [3.8, 4) is 5.75 Å². The SMILES string of the molecule is C=CCCC(=O)N[C@@H](COC)[C@@H](OC(=O)[C@@H]1[C@H]2O[C@@]3(CC2Br)[C@H](C(=O)N(CC=C)c2ccc(OC)cc2)N([C@@H](CO)CC(C)C)C(=O)[C@@H]13)c1ccccc1. The molecule has 13 heteroatoms.